The molecule has 1 aliphatic rings. The monoisotopic (exact) mass is 238 g/mol. The van der Waals surface area contributed by atoms with Crippen LogP contribution < -0.4 is 0 Å². The average Bonchev–Trinajstić information content (AvgIpc) is 2.72. The quantitative estimate of drug-likeness (QED) is 0.702. The first-order valence-corrected chi connectivity index (χ1v) is 5.87. The zero-order valence-corrected chi connectivity index (χ0v) is 10.3. The minimum atomic E-state index is -0.231. The Balaban J connectivity index is 1.98. The number of hydrogen-bond acceptors (Lipinski definition) is 5. The van der Waals surface area contributed by atoms with E-state index in [2.05, 4.69) is 19.5 Å². The van der Waals surface area contributed by atoms with Crippen LogP contribution in [0.15, 0.2) is 0 Å². The summed E-state index contributed by atoms with van der Waals surface area (Å²) >= 11 is 0. The molecule has 17 heavy (non-hydrogen) atoms. The predicted molar refractivity (Wildman–Crippen MR) is 61.3 cm³/mol. The molecule has 0 bridgehead atoms. The van der Waals surface area contributed by atoms with Crippen molar-refractivity contribution in [1.82, 2.24) is 19.7 Å². The van der Waals surface area contributed by atoms with Gasteiger partial charge < -0.3 is 9.30 Å². The highest BCUT2D eigenvalue weighted by Crippen LogP contribution is 2.14. The summed E-state index contributed by atoms with van der Waals surface area (Å²) in [4.78, 5) is 13.0. The molecule has 0 saturated carbocycles. The van der Waals surface area contributed by atoms with Crippen molar-refractivity contribution in [2.24, 2.45) is 0 Å². The molecule has 6 nitrogen and oxygen atoms in total. The summed E-state index contributed by atoms with van der Waals surface area (Å²) in [6, 6.07) is 0. The number of nitrogens with zero attached hydrogens (tertiary/aromatic N) is 4. The van der Waals surface area contributed by atoms with Crippen molar-refractivity contribution in [2.75, 3.05) is 20.7 Å². The number of rotatable bonds is 4. The number of hydrogen-bond donors (Lipinski definition) is 0. The zero-order chi connectivity index (χ0) is 12.3. The fraction of sp³-hybridized carbons (Fsp3) is 0.727. The van der Waals surface area contributed by atoms with Gasteiger partial charge in [0, 0.05) is 13.0 Å². The third-order valence-electron chi connectivity index (χ3n) is 2.97. The van der Waals surface area contributed by atoms with E-state index in [1.54, 1.807) is 0 Å². The maximum Gasteiger partial charge on any atom is 0.319 e. The third-order valence-corrected chi connectivity index (χ3v) is 2.97. The lowest BCUT2D eigenvalue weighted by Crippen LogP contribution is -2.28. The average molecular weight is 238 g/mol. The first-order chi connectivity index (χ1) is 8.20. The lowest BCUT2D eigenvalue weighted by atomic mass is 10.2. The molecule has 1 aliphatic heterocycles. The van der Waals surface area contributed by atoms with Gasteiger partial charge in [0.05, 0.1) is 20.2 Å². The second-order valence-corrected chi connectivity index (χ2v) is 4.39. The first kappa shape index (κ1) is 12.0. The summed E-state index contributed by atoms with van der Waals surface area (Å²) in [5.41, 5.74) is 0. The maximum atomic E-state index is 11.1. The molecule has 0 amide bonds. The van der Waals surface area contributed by atoms with E-state index in [9.17, 15) is 4.79 Å². The molecule has 0 aromatic carbocycles. The number of fused-ring (bicyclic) bond motifs is 1. The normalized spacial score (nSPS) is 14.8. The number of aromatic nitrogens is 3. The number of esters is 1. The van der Waals surface area contributed by atoms with Crippen molar-refractivity contribution in [1.29, 1.82) is 0 Å². The van der Waals surface area contributed by atoms with Crippen LogP contribution in [-0.2, 0) is 29.0 Å². The van der Waals surface area contributed by atoms with E-state index in [0.717, 1.165) is 24.6 Å². The van der Waals surface area contributed by atoms with E-state index >= 15 is 0 Å². The van der Waals surface area contributed by atoms with Crippen LogP contribution in [-0.4, -0.2) is 46.3 Å². The largest absolute Gasteiger partial charge is 0.468 e. The van der Waals surface area contributed by atoms with Crippen molar-refractivity contribution < 1.29 is 9.53 Å². The van der Waals surface area contributed by atoms with E-state index < -0.39 is 0 Å². The highest BCUT2D eigenvalue weighted by Gasteiger charge is 2.17. The van der Waals surface area contributed by atoms with Crippen LogP contribution in [0.1, 0.15) is 24.5 Å². The second kappa shape index (κ2) is 5.27. The molecule has 0 atom stereocenters. The molecule has 1 aromatic rings. The van der Waals surface area contributed by atoms with Gasteiger partial charge in [-0.3, -0.25) is 9.69 Å². The zero-order valence-electron chi connectivity index (χ0n) is 10.3. The van der Waals surface area contributed by atoms with Gasteiger partial charge >= 0.3 is 5.97 Å². The molecule has 94 valence electrons. The number of methoxy groups -OCH3 is 1. The van der Waals surface area contributed by atoms with Gasteiger partial charge in [-0.2, -0.15) is 0 Å². The van der Waals surface area contributed by atoms with Crippen molar-refractivity contribution >= 4 is 5.97 Å². The predicted octanol–water partition coefficient (Wildman–Crippen LogP) is 0.219. The lowest BCUT2D eigenvalue weighted by Gasteiger charge is -2.18. The van der Waals surface area contributed by atoms with Crippen molar-refractivity contribution in [3.8, 4) is 0 Å². The van der Waals surface area contributed by atoms with Crippen LogP contribution in [0, 0.1) is 0 Å². The Bertz CT molecular complexity index is 402. The molecular weight excluding hydrogens is 220 g/mol. The summed E-state index contributed by atoms with van der Waals surface area (Å²) < 4.78 is 6.79. The molecule has 0 unspecified atom stereocenters. The Labute approximate surface area is 101 Å². The van der Waals surface area contributed by atoms with Gasteiger partial charge in [-0.25, -0.2) is 0 Å². The third kappa shape index (κ3) is 2.82. The van der Waals surface area contributed by atoms with E-state index in [4.69, 9.17) is 0 Å². The van der Waals surface area contributed by atoms with Gasteiger partial charge in [-0.1, -0.05) is 0 Å². The SMILES string of the molecule is COC(=O)CN(C)Cc1nnc2n1CCCC2. The number of likely N-dealkylation sites (N-methyl/N-ethyl adjacent to an activating group) is 1. The summed E-state index contributed by atoms with van der Waals surface area (Å²) in [7, 11) is 3.27. The fourth-order valence-electron chi connectivity index (χ4n) is 2.07. The van der Waals surface area contributed by atoms with Crippen LogP contribution in [0.2, 0.25) is 0 Å². The van der Waals surface area contributed by atoms with Crippen molar-refractivity contribution in [3.63, 3.8) is 0 Å². The number of carbonyl (C=O) groups is 1. The Morgan fingerprint density at radius 2 is 2.29 bits per heavy atom. The van der Waals surface area contributed by atoms with E-state index in [0.29, 0.717) is 6.54 Å². The van der Waals surface area contributed by atoms with Crippen LogP contribution in [0.5, 0.6) is 0 Å². The Hall–Kier alpha value is -1.43. The standard InChI is InChI=1S/C11H18N4O2/c1-14(8-11(16)17-2)7-10-13-12-9-5-3-4-6-15(9)10/h3-8H2,1-2H3. The molecule has 0 spiro atoms. The summed E-state index contributed by atoms with van der Waals surface area (Å²) in [6.07, 6.45) is 3.38. The Morgan fingerprint density at radius 1 is 1.47 bits per heavy atom. The van der Waals surface area contributed by atoms with Crippen LogP contribution in [0.3, 0.4) is 0 Å². The van der Waals surface area contributed by atoms with Crippen molar-refractivity contribution in [2.45, 2.75) is 32.4 Å². The van der Waals surface area contributed by atoms with Gasteiger partial charge in [0.2, 0.25) is 0 Å². The highest BCUT2D eigenvalue weighted by molar-refractivity contribution is 5.71. The first-order valence-electron chi connectivity index (χ1n) is 5.87. The van der Waals surface area contributed by atoms with E-state index in [-0.39, 0.29) is 12.5 Å². The number of ether oxygens (including phenoxy) is 1. The van der Waals surface area contributed by atoms with Crippen LogP contribution >= 0.6 is 0 Å². The molecule has 0 fully saturated rings. The summed E-state index contributed by atoms with van der Waals surface area (Å²) in [6.45, 7) is 1.89. The summed E-state index contributed by atoms with van der Waals surface area (Å²) in [5, 5.41) is 8.37. The minimum absolute atomic E-state index is 0.231. The smallest absolute Gasteiger partial charge is 0.319 e. The summed E-state index contributed by atoms with van der Waals surface area (Å²) in [5.74, 6) is 1.77. The Kier molecular flexibility index (Phi) is 3.73. The molecule has 2 heterocycles. The fourth-order valence-corrected chi connectivity index (χ4v) is 2.07. The molecule has 2 rings (SSSR count). The minimum Gasteiger partial charge on any atom is -0.468 e. The van der Waals surface area contributed by atoms with Gasteiger partial charge in [0.25, 0.3) is 0 Å². The lowest BCUT2D eigenvalue weighted by molar-refractivity contribution is -0.141. The number of aryl methyl sites for hydroxylation is 1. The van der Waals surface area contributed by atoms with Gasteiger partial charge in [-0.05, 0) is 19.9 Å². The second-order valence-electron chi connectivity index (χ2n) is 4.39. The van der Waals surface area contributed by atoms with Crippen LogP contribution in [0.4, 0.5) is 0 Å². The maximum absolute atomic E-state index is 11.1. The molecule has 0 saturated heterocycles. The Morgan fingerprint density at radius 3 is 3.06 bits per heavy atom. The van der Waals surface area contributed by atoms with E-state index in [1.165, 1.54) is 20.0 Å². The number of carbonyl (C=O) groups excluding carboxylic acids is 1. The van der Waals surface area contributed by atoms with Gasteiger partial charge in [-0.15, -0.1) is 10.2 Å². The molecule has 0 radical (unpaired) electrons. The van der Waals surface area contributed by atoms with E-state index in [1.807, 2.05) is 11.9 Å². The molecule has 0 aliphatic carbocycles. The molecule has 1 aromatic heterocycles. The van der Waals surface area contributed by atoms with Gasteiger partial charge in [0.1, 0.15) is 11.6 Å². The van der Waals surface area contributed by atoms with Crippen molar-refractivity contribution in [3.05, 3.63) is 11.6 Å². The molecule has 6 heteroatoms. The van der Waals surface area contributed by atoms with Crippen LogP contribution in [0.25, 0.3) is 0 Å². The molecule has 0 N–H and O–H groups in total. The molecular formula is C11H18N4O2. The highest BCUT2D eigenvalue weighted by atomic mass is 16.5. The topological polar surface area (TPSA) is 60.2 Å². The van der Waals surface area contributed by atoms with Gasteiger partial charge in [0.15, 0.2) is 0 Å².